The Balaban J connectivity index is 1.67. The molecule has 0 aromatic heterocycles. The highest BCUT2D eigenvalue weighted by Crippen LogP contribution is 2.32. The molecule has 0 bridgehead atoms. The lowest BCUT2D eigenvalue weighted by atomic mass is 9.89. The third kappa shape index (κ3) is 4.84. The van der Waals surface area contributed by atoms with Crippen molar-refractivity contribution in [3.63, 3.8) is 0 Å². The van der Waals surface area contributed by atoms with Crippen LogP contribution in [0.3, 0.4) is 0 Å². The quantitative estimate of drug-likeness (QED) is 0.609. The van der Waals surface area contributed by atoms with Crippen molar-refractivity contribution in [3.05, 3.63) is 29.6 Å². The number of ether oxygens (including phenoxy) is 2. The normalized spacial score (nSPS) is 21.6. The van der Waals surface area contributed by atoms with Gasteiger partial charge >= 0.3 is 0 Å². The largest absolute Gasteiger partial charge is 0.371 e. The minimum Gasteiger partial charge on any atom is -0.371 e. The van der Waals surface area contributed by atoms with Crippen molar-refractivity contribution in [1.29, 1.82) is 0 Å². The Labute approximate surface area is 159 Å². The summed E-state index contributed by atoms with van der Waals surface area (Å²) in [5.74, 6) is -0.923. The molecular formula is C20H27FN2O4. The summed E-state index contributed by atoms with van der Waals surface area (Å²) in [5, 5.41) is 2.34. The van der Waals surface area contributed by atoms with Crippen molar-refractivity contribution in [2.75, 3.05) is 32.2 Å². The van der Waals surface area contributed by atoms with Gasteiger partial charge < -0.3 is 14.4 Å². The van der Waals surface area contributed by atoms with E-state index in [0.29, 0.717) is 17.9 Å². The van der Waals surface area contributed by atoms with Crippen LogP contribution >= 0.6 is 0 Å². The molecule has 0 spiro atoms. The molecule has 0 radical (unpaired) electrons. The van der Waals surface area contributed by atoms with Crippen LogP contribution in [0.25, 0.3) is 0 Å². The number of carbonyl (C=O) groups is 2. The average molecular weight is 378 g/mol. The molecular weight excluding hydrogens is 351 g/mol. The summed E-state index contributed by atoms with van der Waals surface area (Å²) < 4.78 is 24.8. The van der Waals surface area contributed by atoms with Gasteiger partial charge in [0.15, 0.2) is 6.29 Å². The topological polar surface area (TPSA) is 67.9 Å². The van der Waals surface area contributed by atoms with Gasteiger partial charge in [-0.25, -0.2) is 4.39 Å². The summed E-state index contributed by atoms with van der Waals surface area (Å²) in [4.78, 5) is 25.6. The van der Waals surface area contributed by atoms with E-state index in [1.165, 1.54) is 12.1 Å². The predicted molar refractivity (Wildman–Crippen MR) is 98.9 cm³/mol. The van der Waals surface area contributed by atoms with Gasteiger partial charge in [-0.05, 0) is 48.9 Å². The van der Waals surface area contributed by atoms with Crippen LogP contribution in [0.15, 0.2) is 18.2 Å². The Morgan fingerprint density at radius 3 is 2.48 bits per heavy atom. The van der Waals surface area contributed by atoms with Crippen molar-refractivity contribution < 1.29 is 23.5 Å². The van der Waals surface area contributed by atoms with E-state index in [2.05, 4.69) is 10.2 Å². The fourth-order valence-electron chi connectivity index (χ4n) is 3.98. The molecule has 6 nitrogen and oxygen atoms in total. The number of halogens is 1. The average Bonchev–Trinajstić information content (AvgIpc) is 2.66. The third-order valence-electron chi connectivity index (χ3n) is 5.58. The minimum absolute atomic E-state index is 0.185. The summed E-state index contributed by atoms with van der Waals surface area (Å²) in [6.07, 6.45) is 3.33. The number of benzene rings is 1. The zero-order valence-corrected chi connectivity index (χ0v) is 15.9. The van der Waals surface area contributed by atoms with Gasteiger partial charge in [0.25, 0.3) is 0 Å². The van der Waals surface area contributed by atoms with Crippen LogP contribution in [0, 0.1) is 11.7 Å². The zero-order chi connectivity index (χ0) is 19.4. The highest BCUT2D eigenvalue weighted by atomic mass is 19.1. The number of carbonyl (C=O) groups excluding carboxylic acids is 2. The molecule has 2 heterocycles. The number of imide groups is 1. The van der Waals surface area contributed by atoms with Crippen molar-refractivity contribution in [1.82, 2.24) is 5.32 Å². The Bertz CT molecular complexity index is 685. The van der Waals surface area contributed by atoms with E-state index in [-0.39, 0.29) is 30.3 Å². The molecule has 1 aromatic rings. The lowest BCUT2D eigenvalue weighted by Crippen LogP contribution is -2.39. The van der Waals surface area contributed by atoms with Crippen LogP contribution in [0.2, 0.25) is 0 Å². The molecule has 2 aliphatic rings. The van der Waals surface area contributed by atoms with Crippen LogP contribution in [0.5, 0.6) is 0 Å². The summed E-state index contributed by atoms with van der Waals surface area (Å²) in [7, 11) is 3.29. The van der Waals surface area contributed by atoms with Crippen molar-refractivity contribution >= 4 is 17.5 Å². The molecule has 2 saturated heterocycles. The van der Waals surface area contributed by atoms with Gasteiger partial charge in [0.05, 0.1) is 5.92 Å². The van der Waals surface area contributed by atoms with Crippen LogP contribution in [0.4, 0.5) is 10.1 Å². The second-order valence-electron chi connectivity index (χ2n) is 7.31. The Hall–Kier alpha value is -1.99. The first kappa shape index (κ1) is 19.8. The molecule has 0 saturated carbocycles. The lowest BCUT2D eigenvalue weighted by Gasteiger charge is -2.35. The highest BCUT2D eigenvalue weighted by Gasteiger charge is 2.29. The molecule has 7 heteroatoms. The molecule has 1 unspecified atom stereocenters. The Morgan fingerprint density at radius 2 is 1.85 bits per heavy atom. The fourth-order valence-corrected chi connectivity index (χ4v) is 3.98. The monoisotopic (exact) mass is 378 g/mol. The van der Waals surface area contributed by atoms with E-state index in [9.17, 15) is 14.0 Å². The zero-order valence-electron chi connectivity index (χ0n) is 15.9. The van der Waals surface area contributed by atoms with E-state index in [1.807, 2.05) is 6.07 Å². The summed E-state index contributed by atoms with van der Waals surface area (Å²) in [5.41, 5.74) is 1.43. The maximum Gasteiger partial charge on any atom is 0.234 e. The van der Waals surface area contributed by atoms with E-state index >= 15 is 0 Å². The van der Waals surface area contributed by atoms with Crippen LogP contribution < -0.4 is 10.2 Å². The maximum absolute atomic E-state index is 14.2. The van der Waals surface area contributed by atoms with Gasteiger partial charge in [-0.15, -0.1) is 0 Å². The number of anilines is 1. The maximum atomic E-state index is 14.2. The minimum atomic E-state index is -0.473. The first-order chi connectivity index (χ1) is 13.0. The van der Waals surface area contributed by atoms with Crippen molar-refractivity contribution in [3.8, 4) is 0 Å². The van der Waals surface area contributed by atoms with Crippen molar-refractivity contribution in [2.45, 2.75) is 44.3 Å². The fraction of sp³-hybridized carbons (Fsp3) is 0.600. The smallest absolute Gasteiger partial charge is 0.234 e. The molecule has 1 N–H and O–H groups in total. The molecule has 2 aliphatic heterocycles. The van der Waals surface area contributed by atoms with Crippen LogP contribution in [0.1, 0.15) is 43.6 Å². The molecule has 0 aliphatic carbocycles. The van der Waals surface area contributed by atoms with E-state index < -0.39 is 5.92 Å². The van der Waals surface area contributed by atoms with Crippen LogP contribution in [-0.2, 0) is 19.1 Å². The number of amides is 2. The summed E-state index contributed by atoms with van der Waals surface area (Å²) >= 11 is 0. The van der Waals surface area contributed by atoms with Gasteiger partial charge in [0.2, 0.25) is 11.8 Å². The lowest BCUT2D eigenvalue weighted by molar-refractivity contribution is -0.134. The first-order valence-electron chi connectivity index (χ1n) is 9.45. The molecule has 1 aromatic carbocycles. The van der Waals surface area contributed by atoms with E-state index in [4.69, 9.17) is 9.47 Å². The Kier molecular flexibility index (Phi) is 6.44. The summed E-state index contributed by atoms with van der Waals surface area (Å²) in [6.45, 7) is 1.64. The molecule has 1 atom stereocenters. The molecule has 3 rings (SSSR count). The molecule has 27 heavy (non-hydrogen) atoms. The first-order valence-corrected chi connectivity index (χ1v) is 9.45. The number of hydrogen-bond acceptors (Lipinski definition) is 5. The number of hydrogen-bond donors (Lipinski definition) is 1. The molecule has 148 valence electrons. The second-order valence-corrected chi connectivity index (χ2v) is 7.31. The van der Waals surface area contributed by atoms with Gasteiger partial charge in [-0.1, -0.05) is 0 Å². The van der Waals surface area contributed by atoms with Gasteiger partial charge in [-0.2, -0.15) is 0 Å². The molecule has 2 amide bonds. The standard InChI is InChI=1S/C20H27FN2O4/c1-26-19(27-2)9-13-5-7-23(8-6-13)16-11-14(10-15(21)12-16)17-3-4-18(24)22-20(17)25/h10-13,17,19H,3-9H2,1-2H3,(H,22,24,25). The van der Waals surface area contributed by atoms with Gasteiger partial charge in [0, 0.05) is 45.8 Å². The second kappa shape index (κ2) is 8.80. The SMILES string of the molecule is COC(CC1CCN(c2cc(F)cc(C3CCC(=O)NC3=O)c2)CC1)OC. The van der Waals surface area contributed by atoms with Crippen LogP contribution in [-0.4, -0.2) is 45.4 Å². The Morgan fingerprint density at radius 1 is 1.15 bits per heavy atom. The van der Waals surface area contributed by atoms with Gasteiger partial charge in [-0.3, -0.25) is 14.9 Å². The third-order valence-corrected chi connectivity index (χ3v) is 5.58. The molecule has 2 fully saturated rings. The summed E-state index contributed by atoms with van der Waals surface area (Å²) in [6, 6.07) is 4.80. The van der Waals surface area contributed by atoms with Crippen molar-refractivity contribution in [2.24, 2.45) is 5.92 Å². The number of nitrogens with zero attached hydrogens (tertiary/aromatic N) is 1. The number of nitrogens with one attached hydrogen (secondary N) is 1. The predicted octanol–water partition coefficient (Wildman–Crippen LogP) is 2.57. The van der Waals surface area contributed by atoms with E-state index in [0.717, 1.165) is 38.0 Å². The van der Waals surface area contributed by atoms with E-state index in [1.54, 1.807) is 14.2 Å². The van der Waals surface area contributed by atoms with Gasteiger partial charge in [0.1, 0.15) is 5.82 Å². The number of piperidine rings is 2. The number of methoxy groups -OCH3 is 2. The highest BCUT2D eigenvalue weighted by molar-refractivity contribution is 6.01. The number of rotatable bonds is 6.